The highest BCUT2D eigenvalue weighted by atomic mass is 32.2. The van der Waals surface area contributed by atoms with Crippen LogP contribution in [-0.4, -0.2) is 198 Å². The van der Waals surface area contributed by atoms with Gasteiger partial charge in [0, 0.05) is 45.3 Å². The minimum atomic E-state index is -1.64. The summed E-state index contributed by atoms with van der Waals surface area (Å²) in [5.41, 5.74) is 40.6. The van der Waals surface area contributed by atoms with Gasteiger partial charge in [-0.05, 0) is 119 Å². The Morgan fingerprint density at radius 3 is 1.51 bits per heavy atom. The molecule has 10 atom stereocenters. The van der Waals surface area contributed by atoms with E-state index in [0.717, 1.165) is 0 Å². The van der Waals surface area contributed by atoms with Crippen molar-refractivity contribution in [1.29, 1.82) is 0 Å². The number of nitrogens with one attached hydrogen (secondary N) is 8. The molecule has 2 fully saturated rings. The van der Waals surface area contributed by atoms with Gasteiger partial charge in [-0.3, -0.25) is 67.3 Å². The van der Waals surface area contributed by atoms with E-state index in [0.29, 0.717) is 55.4 Å². The van der Waals surface area contributed by atoms with Gasteiger partial charge in [-0.15, -0.1) is 0 Å². The molecule has 4 rings (SSSR count). The largest absolute Gasteiger partial charge is 0.370 e. The van der Waals surface area contributed by atoms with Gasteiger partial charge in [0.25, 0.3) is 0 Å². The lowest BCUT2D eigenvalue weighted by molar-refractivity contribution is -0.144. The first-order valence-corrected chi connectivity index (χ1v) is 33.6. The van der Waals surface area contributed by atoms with Gasteiger partial charge >= 0.3 is 0 Å². The van der Waals surface area contributed by atoms with Gasteiger partial charge in [0.2, 0.25) is 76.8 Å². The molecule has 13 amide bonds. The van der Waals surface area contributed by atoms with Crippen LogP contribution in [0, 0.1) is 5.92 Å². The van der Waals surface area contributed by atoms with Crippen LogP contribution < -0.4 is 82.7 Å². The topological polar surface area (TPSA) is 519 Å². The molecule has 0 aliphatic carbocycles. The molecule has 22 N–H and O–H groups in total. The second-order valence-corrected chi connectivity index (χ2v) is 25.1. The zero-order chi connectivity index (χ0) is 70.1. The number of unbranched alkanes of at least 4 members (excludes halogenated alkanes) is 1. The maximum absolute atomic E-state index is 14.7. The van der Waals surface area contributed by atoms with Gasteiger partial charge < -0.3 is 92.5 Å². The molecule has 524 valence electrons. The van der Waals surface area contributed by atoms with Crippen molar-refractivity contribution in [3.8, 4) is 0 Å². The number of nitrogens with two attached hydrogens (primary N) is 7. The van der Waals surface area contributed by atoms with Crippen LogP contribution >= 0.6 is 11.8 Å². The van der Waals surface area contributed by atoms with E-state index in [9.17, 15) is 62.3 Å². The Hall–Kier alpha value is -8.91. The van der Waals surface area contributed by atoms with Gasteiger partial charge in [0.1, 0.15) is 54.4 Å². The fourth-order valence-electron chi connectivity index (χ4n) is 11.0. The molecule has 31 nitrogen and oxygen atoms in total. The number of rotatable bonds is 42. The van der Waals surface area contributed by atoms with Crippen molar-refractivity contribution in [2.45, 2.75) is 183 Å². The maximum atomic E-state index is 14.7. The lowest BCUT2D eigenvalue weighted by Gasteiger charge is -2.32. The monoisotopic (exact) mass is 1350 g/mol. The summed E-state index contributed by atoms with van der Waals surface area (Å²) in [5.74, 6) is -9.80. The number of hydrogen-bond donors (Lipinski definition) is 15. The fraction of sp³-hybridized carbons (Fsp3) is 0.587. The molecule has 0 spiro atoms. The first kappa shape index (κ1) is 78.5. The molecule has 2 aliphatic rings. The summed E-state index contributed by atoms with van der Waals surface area (Å²) < 4.78 is 0. The third-order valence-electron chi connectivity index (χ3n) is 16.0. The van der Waals surface area contributed by atoms with Gasteiger partial charge in [-0.25, -0.2) is 0 Å². The second-order valence-electron chi connectivity index (χ2n) is 24.1. The van der Waals surface area contributed by atoms with Crippen molar-refractivity contribution in [3.05, 3.63) is 71.8 Å². The Morgan fingerprint density at radius 2 is 1.01 bits per heavy atom. The summed E-state index contributed by atoms with van der Waals surface area (Å²) in [7, 11) is 0. The van der Waals surface area contributed by atoms with Gasteiger partial charge in [0.15, 0.2) is 5.96 Å². The van der Waals surface area contributed by atoms with E-state index in [4.69, 9.17) is 40.1 Å². The lowest BCUT2D eigenvalue weighted by Crippen LogP contribution is -2.60. The number of amides is 13. The average Bonchev–Trinajstić information content (AvgIpc) is 1.74. The molecule has 2 heterocycles. The first-order valence-electron chi connectivity index (χ1n) is 32.2. The van der Waals surface area contributed by atoms with Crippen LogP contribution in [0.25, 0.3) is 0 Å². The van der Waals surface area contributed by atoms with Crippen molar-refractivity contribution in [2.24, 2.45) is 51.0 Å². The van der Waals surface area contributed by atoms with Crippen molar-refractivity contribution >= 4 is 94.5 Å². The van der Waals surface area contributed by atoms with Crippen molar-refractivity contribution < 1.29 is 62.3 Å². The van der Waals surface area contributed by atoms with Crippen LogP contribution in [0.1, 0.15) is 121 Å². The van der Waals surface area contributed by atoms with Gasteiger partial charge in [-0.1, -0.05) is 74.5 Å². The summed E-state index contributed by atoms with van der Waals surface area (Å²) in [6.07, 6.45) is 3.12. The van der Waals surface area contributed by atoms with E-state index in [1.54, 1.807) is 60.7 Å². The summed E-state index contributed by atoms with van der Waals surface area (Å²) in [5, 5.41) is 21.1. The fourth-order valence-corrected chi connectivity index (χ4v) is 11.5. The highest BCUT2D eigenvalue weighted by Gasteiger charge is 2.42. The normalized spacial score (nSPS) is 16.8. The predicted molar refractivity (Wildman–Crippen MR) is 356 cm³/mol. The van der Waals surface area contributed by atoms with E-state index in [-0.39, 0.29) is 83.0 Å². The highest BCUT2D eigenvalue weighted by molar-refractivity contribution is 7.98. The van der Waals surface area contributed by atoms with E-state index in [1.165, 1.54) is 21.6 Å². The van der Waals surface area contributed by atoms with E-state index < -0.39 is 169 Å². The van der Waals surface area contributed by atoms with Crippen molar-refractivity contribution in [1.82, 2.24) is 52.3 Å². The Labute approximate surface area is 558 Å². The molecule has 95 heavy (non-hydrogen) atoms. The molecule has 0 unspecified atom stereocenters. The first-order chi connectivity index (χ1) is 45.2. The van der Waals surface area contributed by atoms with Crippen LogP contribution in [0.15, 0.2) is 65.7 Å². The predicted octanol–water partition coefficient (Wildman–Crippen LogP) is -3.71. The van der Waals surface area contributed by atoms with Crippen LogP contribution in [0.2, 0.25) is 0 Å². The third kappa shape index (κ3) is 27.5. The van der Waals surface area contributed by atoms with E-state index >= 15 is 0 Å². The van der Waals surface area contributed by atoms with Gasteiger partial charge in [-0.2, -0.15) is 11.8 Å². The standard InChI is InChI=1S/C63H98N18O13S/c1-37(2)33-45(57(89)74-41(53(68)85)27-32-95-3)73-52(84)36-72-54(86)46(34-38-15-6-4-7-16-38)78-58(90)47(35-39-17-8-5-9-18-39)79-56(88)42(23-25-50(66)82)75-55(87)43(24-26-51(67)83)76-59(91)49-22-14-31-81(49)62(94)44(20-10-11-28-64)77-60(92)48-21-13-30-80(48)61(93)40(65)19-12-29-71-63(69)70/h4-9,15-18,37,40-49H,10-14,19-36,64-65H2,1-3H3,(H2,66,82)(H2,67,83)(H2,68,85)(H,72,86)(H,73,84)(H,74,89)(H,75,87)(H,76,91)(H,77,92)(H,78,90)(H,79,88)(H4,69,70,71)/t40-,41-,42+,43+,44+,45-,46-,47-,48-,49+/m0/s1. The quantitative estimate of drug-likeness (QED) is 0.0173. The molecule has 0 aromatic heterocycles. The zero-order valence-electron chi connectivity index (χ0n) is 54.5. The molecule has 0 saturated carbocycles. The van der Waals surface area contributed by atoms with Crippen LogP contribution in [0.3, 0.4) is 0 Å². The minimum Gasteiger partial charge on any atom is -0.370 e. The molecule has 2 saturated heterocycles. The van der Waals surface area contributed by atoms with E-state index in [2.05, 4.69) is 47.5 Å². The molecular weight excluding hydrogens is 1250 g/mol. The minimum absolute atomic E-state index is 0.0736. The Morgan fingerprint density at radius 1 is 0.537 bits per heavy atom. The Balaban J connectivity index is 1.56. The van der Waals surface area contributed by atoms with Crippen molar-refractivity contribution in [3.63, 3.8) is 0 Å². The Bertz CT molecular complexity index is 2960. The maximum Gasteiger partial charge on any atom is 0.245 e. The second kappa shape index (κ2) is 41.0. The highest BCUT2D eigenvalue weighted by Crippen LogP contribution is 2.24. The number of thioether (sulfide) groups is 1. The Kier molecular flexibility index (Phi) is 33.9. The number of guanidine groups is 1. The van der Waals surface area contributed by atoms with Crippen LogP contribution in [-0.2, 0) is 75.2 Å². The van der Waals surface area contributed by atoms with Crippen LogP contribution in [0.5, 0.6) is 0 Å². The molecule has 2 aromatic rings. The smallest absolute Gasteiger partial charge is 0.245 e. The van der Waals surface area contributed by atoms with E-state index in [1.807, 2.05) is 20.1 Å². The molecular formula is C63H98N18O13S. The summed E-state index contributed by atoms with van der Waals surface area (Å²) >= 11 is 1.45. The molecule has 32 heteroatoms. The summed E-state index contributed by atoms with van der Waals surface area (Å²) in [6, 6.07) is 4.51. The van der Waals surface area contributed by atoms with Crippen LogP contribution in [0.4, 0.5) is 0 Å². The zero-order valence-corrected chi connectivity index (χ0v) is 55.3. The van der Waals surface area contributed by atoms with Gasteiger partial charge in [0.05, 0.1) is 12.6 Å². The lowest BCUT2D eigenvalue weighted by atomic mass is 10.0. The summed E-state index contributed by atoms with van der Waals surface area (Å²) in [4.78, 5) is 185. The third-order valence-corrected chi connectivity index (χ3v) is 16.7. The SMILES string of the molecule is CSCC[C@H](NC(=O)[C@H](CC(C)C)NC(=O)CNC(=O)[C@H](Cc1ccccc1)NC(=O)[C@H](Cc1ccccc1)NC(=O)[C@@H](CCC(N)=O)NC(=O)[C@@H](CCC(N)=O)NC(=O)[C@H]1CCCN1C(=O)[C@@H](CCCCN)NC(=O)[C@@H]1CCCN1C(=O)[C@@H](N)CCCN=C(N)N)C(N)=O. The summed E-state index contributed by atoms with van der Waals surface area (Å²) in [6.45, 7) is 3.86. The number of likely N-dealkylation sites (tertiary alicyclic amines) is 2. The number of aliphatic imine (C=N–C) groups is 1. The average molecular weight is 1350 g/mol. The molecule has 0 radical (unpaired) electrons. The van der Waals surface area contributed by atoms with Crippen molar-refractivity contribution in [2.75, 3.05) is 44.7 Å². The number of hydrogen-bond acceptors (Lipinski definition) is 17. The molecule has 2 aromatic carbocycles. The number of nitrogens with zero attached hydrogens (tertiary/aromatic N) is 3. The number of carbonyl (C=O) groups is 13. The molecule has 0 bridgehead atoms. The number of carbonyl (C=O) groups excluding carboxylic acids is 13. The number of benzene rings is 2. The number of primary amides is 3. The molecule has 2 aliphatic heterocycles.